The van der Waals surface area contributed by atoms with Crippen molar-refractivity contribution in [2.45, 2.75) is 65.2 Å². The average molecular weight is 313 g/mol. The molecule has 1 N–H and O–H groups in total. The maximum absolute atomic E-state index is 13.8. The second-order valence-electron chi connectivity index (χ2n) is 6.26. The molecule has 0 aromatic heterocycles. The summed E-state index contributed by atoms with van der Waals surface area (Å²) < 4.78 is 27.5. The Morgan fingerprint density at radius 1 is 1.41 bits per heavy atom. The van der Waals surface area contributed by atoms with Crippen molar-refractivity contribution in [2.24, 2.45) is 11.8 Å². The lowest BCUT2D eigenvalue weighted by atomic mass is 9.83. The predicted molar refractivity (Wildman–Crippen MR) is 86.9 cm³/mol. The Labute approximate surface area is 133 Å². The Balaban J connectivity index is 2.55. The number of unbranched alkanes of at least 4 members (excludes halogenated alkanes) is 2. The summed E-state index contributed by atoms with van der Waals surface area (Å²) in [6, 6.07) is 0. The highest BCUT2D eigenvalue weighted by Gasteiger charge is 2.34. The third-order valence-corrected chi connectivity index (χ3v) is 4.25. The number of likely N-dealkylation sites (N-methyl/N-ethyl adjacent to an activating group) is 1. The Morgan fingerprint density at radius 3 is 2.64 bits per heavy atom. The normalized spacial score (nSPS) is 19.7. The fourth-order valence-corrected chi connectivity index (χ4v) is 2.85. The highest BCUT2D eigenvalue weighted by Crippen LogP contribution is 2.36. The zero-order chi connectivity index (χ0) is 16.6. The molecule has 1 aliphatic rings. The first-order valence-corrected chi connectivity index (χ1v) is 8.42. The summed E-state index contributed by atoms with van der Waals surface area (Å²) in [6.07, 6.45) is 10.2. The van der Waals surface area contributed by atoms with Crippen molar-refractivity contribution in [3.63, 3.8) is 0 Å². The maximum Gasteiger partial charge on any atom is 0.250 e. The fraction of sp³-hybridized carbons (Fsp3) is 0.722. The van der Waals surface area contributed by atoms with E-state index in [-0.39, 0.29) is 11.8 Å². The number of hydrogen-bond donors (Lipinski definition) is 1. The number of carbonyl (C=O) groups excluding carboxylic acids is 1. The minimum absolute atomic E-state index is 0.0856. The van der Waals surface area contributed by atoms with E-state index in [9.17, 15) is 13.6 Å². The first-order valence-electron chi connectivity index (χ1n) is 8.42. The van der Waals surface area contributed by atoms with Gasteiger partial charge in [-0.3, -0.25) is 4.79 Å². The van der Waals surface area contributed by atoms with Crippen LogP contribution in [0.2, 0.25) is 0 Å². The third-order valence-electron chi connectivity index (χ3n) is 4.25. The van der Waals surface area contributed by atoms with E-state index < -0.39 is 11.8 Å². The minimum Gasteiger partial charge on any atom is -0.352 e. The number of nitrogens with one attached hydrogen (secondary N) is 1. The molecule has 2 nitrogen and oxygen atoms in total. The molecule has 2 atom stereocenters. The molecule has 0 saturated heterocycles. The number of allylic oxidation sites excluding steroid dienone is 2. The summed E-state index contributed by atoms with van der Waals surface area (Å²) in [4.78, 5) is 11.7. The zero-order valence-corrected chi connectivity index (χ0v) is 14.0. The standard InChI is InChI=1S/C18H29F2NO/c1-4-6-7-8-16(18(3,19)20)13-14-9-11-15(12-10-14)17(22)21-5-2/h9,11-12,14,16H,4-8,10,13H2,1-3H3,(H,21,22). The average Bonchev–Trinajstić information content (AvgIpc) is 2.46. The highest BCUT2D eigenvalue weighted by molar-refractivity contribution is 5.96. The molecule has 0 saturated carbocycles. The molecule has 0 fully saturated rings. The second kappa shape index (κ2) is 9.06. The van der Waals surface area contributed by atoms with Crippen molar-refractivity contribution in [1.82, 2.24) is 5.32 Å². The Kier molecular flexibility index (Phi) is 7.77. The molecule has 1 rings (SSSR count). The molecule has 22 heavy (non-hydrogen) atoms. The van der Waals surface area contributed by atoms with Gasteiger partial charge in [-0.25, -0.2) is 8.78 Å². The van der Waals surface area contributed by atoms with E-state index in [1.807, 2.05) is 19.1 Å². The first-order chi connectivity index (χ1) is 10.4. The van der Waals surface area contributed by atoms with Gasteiger partial charge in [-0.1, -0.05) is 44.4 Å². The summed E-state index contributed by atoms with van der Waals surface area (Å²) in [5, 5.41) is 2.75. The molecule has 0 heterocycles. The van der Waals surface area contributed by atoms with Crippen LogP contribution in [-0.4, -0.2) is 18.4 Å². The van der Waals surface area contributed by atoms with Gasteiger partial charge < -0.3 is 5.32 Å². The molecule has 1 aliphatic carbocycles. The van der Waals surface area contributed by atoms with Crippen molar-refractivity contribution in [3.8, 4) is 0 Å². The van der Waals surface area contributed by atoms with Crippen molar-refractivity contribution in [1.29, 1.82) is 0 Å². The van der Waals surface area contributed by atoms with Crippen LogP contribution >= 0.6 is 0 Å². The molecule has 4 heteroatoms. The molecule has 0 aromatic carbocycles. The Hall–Kier alpha value is -1.19. The zero-order valence-electron chi connectivity index (χ0n) is 14.0. The molecular weight excluding hydrogens is 284 g/mol. The van der Waals surface area contributed by atoms with Gasteiger partial charge in [-0.2, -0.15) is 0 Å². The lowest BCUT2D eigenvalue weighted by Gasteiger charge is -2.27. The molecular formula is C18H29F2NO. The van der Waals surface area contributed by atoms with Crippen molar-refractivity contribution < 1.29 is 13.6 Å². The van der Waals surface area contributed by atoms with E-state index >= 15 is 0 Å². The number of rotatable bonds is 9. The van der Waals surface area contributed by atoms with Gasteiger partial charge in [0, 0.05) is 18.0 Å². The van der Waals surface area contributed by atoms with Crippen LogP contribution in [0.15, 0.2) is 23.8 Å². The van der Waals surface area contributed by atoms with Gasteiger partial charge in [0.2, 0.25) is 5.92 Å². The van der Waals surface area contributed by atoms with Gasteiger partial charge in [-0.05, 0) is 39.0 Å². The SMILES string of the molecule is CCCCCC(CC1C=CC(C(=O)NCC)=CC1)C(C)(F)F. The van der Waals surface area contributed by atoms with Gasteiger partial charge in [0.1, 0.15) is 0 Å². The predicted octanol–water partition coefficient (Wildman–Crippen LogP) is 4.87. The van der Waals surface area contributed by atoms with Gasteiger partial charge >= 0.3 is 0 Å². The van der Waals surface area contributed by atoms with E-state index in [0.29, 0.717) is 31.4 Å². The third kappa shape index (κ3) is 6.29. The van der Waals surface area contributed by atoms with Crippen LogP contribution in [0.5, 0.6) is 0 Å². The van der Waals surface area contributed by atoms with Crippen LogP contribution in [0.4, 0.5) is 8.78 Å². The maximum atomic E-state index is 13.8. The Bertz CT molecular complexity index is 410. The van der Waals surface area contributed by atoms with Crippen molar-refractivity contribution >= 4 is 5.91 Å². The number of amides is 1. The molecule has 0 spiro atoms. The summed E-state index contributed by atoms with van der Waals surface area (Å²) in [5.41, 5.74) is 0.642. The summed E-state index contributed by atoms with van der Waals surface area (Å²) in [6.45, 7) is 5.58. The van der Waals surface area contributed by atoms with E-state index in [1.54, 1.807) is 6.08 Å². The summed E-state index contributed by atoms with van der Waals surface area (Å²) in [5.74, 6) is -3.19. The van der Waals surface area contributed by atoms with Gasteiger partial charge in [-0.15, -0.1) is 0 Å². The van der Waals surface area contributed by atoms with Crippen LogP contribution < -0.4 is 5.32 Å². The van der Waals surface area contributed by atoms with Gasteiger partial charge in [0.25, 0.3) is 5.91 Å². The van der Waals surface area contributed by atoms with Gasteiger partial charge in [0.15, 0.2) is 0 Å². The minimum atomic E-state index is -2.63. The van der Waals surface area contributed by atoms with Crippen LogP contribution in [0.25, 0.3) is 0 Å². The van der Waals surface area contributed by atoms with E-state index in [4.69, 9.17) is 0 Å². The van der Waals surface area contributed by atoms with E-state index in [2.05, 4.69) is 12.2 Å². The van der Waals surface area contributed by atoms with Crippen LogP contribution in [0.3, 0.4) is 0 Å². The fourth-order valence-electron chi connectivity index (χ4n) is 2.85. The number of alkyl halides is 2. The topological polar surface area (TPSA) is 29.1 Å². The second-order valence-corrected chi connectivity index (χ2v) is 6.26. The molecule has 126 valence electrons. The molecule has 0 radical (unpaired) electrons. The van der Waals surface area contributed by atoms with Crippen LogP contribution in [0, 0.1) is 11.8 Å². The van der Waals surface area contributed by atoms with E-state index in [0.717, 1.165) is 26.2 Å². The largest absolute Gasteiger partial charge is 0.352 e. The highest BCUT2D eigenvalue weighted by atomic mass is 19.3. The number of halogens is 2. The molecule has 0 bridgehead atoms. The smallest absolute Gasteiger partial charge is 0.250 e. The lowest BCUT2D eigenvalue weighted by Crippen LogP contribution is -2.27. The van der Waals surface area contributed by atoms with E-state index in [1.165, 1.54) is 0 Å². The monoisotopic (exact) mass is 313 g/mol. The first kappa shape index (κ1) is 18.9. The summed E-state index contributed by atoms with van der Waals surface area (Å²) >= 11 is 0. The molecule has 0 aliphatic heterocycles. The molecule has 2 unspecified atom stereocenters. The summed E-state index contributed by atoms with van der Waals surface area (Å²) in [7, 11) is 0. The quantitative estimate of drug-likeness (QED) is 0.605. The molecule has 0 aromatic rings. The van der Waals surface area contributed by atoms with Crippen LogP contribution in [0.1, 0.15) is 59.3 Å². The van der Waals surface area contributed by atoms with Crippen LogP contribution in [-0.2, 0) is 4.79 Å². The van der Waals surface area contributed by atoms with Gasteiger partial charge in [0.05, 0.1) is 0 Å². The lowest BCUT2D eigenvalue weighted by molar-refractivity contribution is -0.117. The molecule has 1 amide bonds. The number of carbonyl (C=O) groups is 1. The number of hydrogen-bond acceptors (Lipinski definition) is 1. The Morgan fingerprint density at radius 2 is 2.14 bits per heavy atom. The van der Waals surface area contributed by atoms with Crippen molar-refractivity contribution in [3.05, 3.63) is 23.8 Å². The van der Waals surface area contributed by atoms with Crippen molar-refractivity contribution in [2.75, 3.05) is 6.54 Å².